The first-order chi connectivity index (χ1) is 23.7. The first-order valence-corrected chi connectivity index (χ1v) is 17.0. The van der Waals surface area contributed by atoms with Gasteiger partial charge in [-0.25, -0.2) is 4.39 Å². The highest BCUT2D eigenvalue weighted by Gasteiger charge is 2.31. The third-order valence-corrected chi connectivity index (χ3v) is 10.4. The molecule has 1 aromatic heterocycles. The Morgan fingerprint density at radius 3 is 2.67 bits per heavy atom. The molecule has 0 saturated carbocycles. The quantitative estimate of drug-likeness (QED) is 0.135. The van der Waals surface area contributed by atoms with E-state index in [1.165, 1.54) is 18.3 Å². The summed E-state index contributed by atoms with van der Waals surface area (Å²) in [7, 11) is 2.10. The Bertz CT molecular complexity index is 2080. The number of fused-ring (bicyclic) bond motifs is 4. The molecule has 3 N–H and O–H groups in total. The van der Waals surface area contributed by atoms with Gasteiger partial charge in [0.1, 0.15) is 16.8 Å². The largest absolute Gasteiger partial charge is 0.451 e. The number of amides is 1. The molecular formula is C36H38FN7O5. The summed E-state index contributed by atoms with van der Waals surface area (Å²) >= 11 is 0. The lowest BCUT2D eigenvalue weighted by molar-refractivity contribution is -0.384. The van der Waals surface area contributed by atoms with E-state index in [0.29, 0.717) is 49.1 Å². The molecule has 4 aliphatic heterocycles. The third kappa shape index (κ3) is 5.66. The molecule has 0 spiro atoms. The number of ether oxygens (including phenoxy) is 1. The molecule has 1 atom stereocenters. The summed E-state index contributed by atoms with van der Waals surface area (Å²) in [5, 5.41) is 21.0. The SMILES string of the molecule is CN1CCCC1CCNc1c(F)cc2c(=O)c(C(=O)NCCN3CCCC3)cn3c2c1Oc1cc2c(cc1-3)Cc1cc([N+](=O)[O-])ccc1N2. The van der Waals surface area contributed by atoms with Crippen molar-refractivity contribution < 1.29 is 18.8 Å². The van der Waals surface area contributed by atoms with Crippen LogP contribution in [0, 0.1) is 15.9 Å². The molecule has 1 amide bonds. The maximum Gasteiger partial charge on any atom is 0.269 e. The van der Waals surface area contributed by atoms with Crippen molar-refractivity contribution in [3.05, 3.63) is 85.4 Å². The van der Waals surface area contributed by atoms with Crippen molar-refractivity contribution in [2.24, 2.45) is 0 Å². The van der Waals surface area contributed by atoms with Gasteiger partial charge in [0.2, 0.25) is 5.43 Å². The number of rotatable bonds is 9. The minimum atomic E-state index is -0.632. The van der Waals surface area contributed by atoms with E-state index in [1.807, 2.05) is 12.1 Å². The van der Waals surface area contributed by atoms with Gasteiger partial charge < -0.3 is 35.1 Å². The number of nitro benzene ring substituents is 1. The lowest BCUT2D eigenvalue weighted by Crippen LogP contribution is -2.36. The number of likely N-dealkylation sites (tertiary alicyclic amines) is 2. The highest BCUT2D eigenvalue weighted by atomic mass is 19.1. The number of non-ortho nitro benzene ring substituents is 1. The summed E-state index contributed by atoms with van der Waals surface area (Å²) in [4.78, 5) is 43.0. The summed E-state index contributed by atoms with van der Waals surface area (Å²) in [6.07, 6.45) is 7.25. The van der Waals surface area contributed by atoms with E-state index in [1.54, 1.807) is 16.7 Å². The maximum atomic E-state index is 16.0. The van der Waals surface area contributed by atoms with Gasteiger partial charge in [-0.15, -0.1) is 0 Å². The highest BCUT2D eigenvalue weighted by molar-refractivity contribution is 6.01. The van der Waals surface area contributed by atoms with E-state index in [9.17, 15) is 19.7 Å². The maximum absolute atomic E-state index is 16.0. The average Bonchev–Trinajstić information content (AvgIpc) is 3.76. The molecule has 8 rings (SSSR count). The number of nitrogens with zero attached hydrogens (tertiary/aromatic N) is 4. The molecule has 2 saturated heterocycles. The number of nitrogens with one attached hydrogen (secondary N) is 3. The van der Waals surface area contributed by atoms with Crippen molar-refractivity contribution in [1.29, 1.82) is 0 Å². The number of benzene rings is 3. The predicted octanol–water partition coefficient (Wildman–Crippen LogP) is 5.51. The predicted molar refractivity (Wildman–Crippen MR) is 186 cm³/mol. The van der Waals surface area contributed by atoms with Crippen molar-refractivity contribution in [1.82, 2.24) is 19.7 Å². The van der Waals surface area contributed by atoms with Gasteiger partial charge in [-0.05, 0) is 88.1 Å². The number of pyridine rings is 1. The molecular weight excluding hydrogens is 629 g/mol. The van der Waals surface area contributed by atoms with Gasteiger partial charge >= 0.3 is 0 Å². The standard InChI is InChI=1S/C36H38FN7O5/c1-41-11-4-5-23(41)8-9-38-32-27(37)18-25-33-35(32)49-31-19-29-22(15-21-16-24(44(47)48)6-7-28(21)40-29)17-30(31)43(33)20-26(34(25)45)36(46)39-10-14-42-12-2-3-13-42/h6-7,16-20,23,38,40H,2-5,8-15H2,1H3,(H,39,46). The second-order valence-electron chi connectivity index (χ2n) is 13.5. The smallest absolute Gasteiger partial charge is 0.269 e. The monoisotopic (exact) mass is 667 g/mol. The molecule has 3 aromatic carbocycles. The fourth-order valence-corrected chi connectivity index (χ4v) is 7.75. The molecule has 2 fully saturated rings. The van der Waals surface area contributed by atoms with Crippen LogP contribution >= 0.6 is 0 Å². The molecule has 5 heterocycles. The van der Waals surface area contributed by atoms with Crippen molar-refractivity contribution in [3.63, 3.8) is 0 Å². The summed E-state index contributed by atoms with van der Waals surface area (Å²) in [6.45, 7) is 4.61. The van der Waals surface area contributed by atoms with Crippen LogP contribution in [0.25, 0.3) is 16.6 Å². The minimum Gasteiger partial charge on any atom is -0.451 e. The molecule has 12 nitrogen and oxygen atoms in total. The van der Waals surface area contributed by atoms with Crippen LogP contribution in [0.2, 0.25) is 0 Å². The second-order valence-corrected chi connectivity index (χ2v) is 13.5. The lowest BCUT2D eigenvalue weighted by atomic mass is 9.95. The number of anilines is 3. The van der Waals surface area contributed by atoms with Gasteiger partial charge in [0.25, 0.3) is 11.6 Å². The molecule has 0 bridgehead atoms. The van der Waals surface area contributed by atoms with E-state index in [-0.39, 0.29) is 28.1 Å². The number of nitro groups is 1. The van der Waals surface area contributed by atoms with Crippen molar-refractivity contribution >= 4 is 39.6 Å². The molecule has 4 aromatic rings. The van der Waals surface area contributed by atoms with Crippen LogP contribution in [0.5, 0.6) is 11.5 Å². The highest BCUT2D eigenvalue weighted by Crippen LogP contribution is 2.48. The van der Waals surface area contributed by atoms with Crippen molar-refractivity contribution in [2.75, 3.05) is 56.9 Å². The summed E-state index contributed by atoms with van der Waals surface area (Å²) in [5.41, 5.74) is 3.56. The molecule has 254 valence electrons. The Labute approximate surface area is 282 Å². The van der Waals surface area contributed by atoms with E-state index in [0.717, 1.165) is 74.2 Å². The number of carbonyl (C=O) groups is 1. The van der Waals surface area contributed by atoms with Gasteiger partial charge in [-0.1, -0.05) is 0 Å². The van der Waals surface area contributed by atoms with E-state index in [4.69, 9.17) is 4.74 Å². The average molecular weight is 668 g/mol. The Kier molecular flexibility index (Phi) is 7.95. The van der Waals surface area contributed by atoms with Crippen LogP contribution in [0.4, 0.5) is 27.1 Å². The molecule has 1 unspecified atom stereocenters. The van der Waals surface area contributed by atoms with E-state index >= 15 is 4.39 Å². The van der Waals surface area contributed by atoms with E-state index in [2.05, 4.69) is 32.8 Å². The number of hydrogen-bond acceptors (Lipinski definition) is 9. The van der Waals surface area contributed by atoms with Crippen LogP contribution in [0.15, 0.2) is 47.4 Å². The van der Waals surface area contributed by atoms with Crippen LogP contribution in [-0.2, 0) is 6.42 Å². The van der Waals surface area contributed by atoms with Gasteiger partial charge in [0.05, 0.1) is 16.0 Å². The fraction of sp³-hybridized carbons (Fsp3) is 0.389. The summed E-state index contributed by atoms with van der Waals surface area (Å²) < 4.78 is 24.3. The first kappa shape index (κ1) is 31.3. The number of hydrogen-bond donors (Lipinski definition) is 3. The zero-order valence-electron chi connectivity index (χ0n) is 27.3. The van der Waals surface area contributed by atoms with Crippen molar-refractivity contribution in [3.8, 4) is 17.2 Å². The Morgan fingerprint density at radius 2 is 1.90 bits per heavy atom. The molecule has 0 radical (unpaired) electrons. The van der Waals surface area contributed by atoms with Gasteiger partial charge in [0.15, 0.2) is 17.3 Å². The van der Waals surface area contributed by atoms with Gasteiger partial charge in [0, 0.05) is 67.9 Å². The summed E-state index contributed by atoms with van der Waals surface area (Å²) in [5.74, 6) is -0.549. The van der Waals surface area contributed by atoms with Crippen LogP contribution in [0.3, 0.4) is 0 Å². The minimum absolute atomic E-state index is 0.00311. The summed E-state index contributed by atoms with van der Waals surface area (Å²) in [6, 6.07) is 10.0. The van der Waals surface area contributed by atoms with Crippen LogP contribution in [0.1, 0.15) is 53.6 Å². The zero-order chi connectivity index (χ0) is 33.8. The number of carbonyl (C=O) groups excluding carboxylic acids is 1. The second kappa shape index (κ2) is 12.5. The van der Waals surface area contributed by atoms with E-state index < -0.39 is 22.1 Å². The van der Waals surface area contributed by atoms with Gasteiger partial charge in [-0.3, -0.25) is 19.7 Å². The van der Waals surface area contributed by atoms with Crippen LogP contribution < -0.4 is 26.1 Å². The van der Waals surface area contributed by atoms with Crippen molar-refractivity contribution in [2.45, 2.75) is 44.6 Å². The first-order valence-electron chi connectivity index (χ1n) is 17.0. The number of aromatic nitrogens is 1. The number of halogens is 1. The third-order valence-electron chi connectivity index (χ3n) is 10.4. The fourth-order valence-electron chi connectivity index (χ4n) is 7.75. The molecule has 0 aliphatic carbocycles. The molecule has 13 heteroatoms. The Hall–Kier alpha value is -5.01. The van der Waals surface area contributed by atoms with Crippen LogP contribution in [-0.4, -0.2) is 77.6 Å². The molecule has 49 heavy (non-hydrogen) atoms. The molecule has 4 aliphatic rings. The topological polar surface area (TPSA) is 134 Å². The lowest BCUT2D eigenvalue weighted by Gasteiger charge is -2.29. The normalized spacial score (nSPS) is 18.0. The van der Waals surface area contributed by atoms with Gasteiger partial charge in [-0.2, -0.15) is 0 Å². The zero-order valence-corrected chi connectivity index (χ0v) is 27.3. The Morgan fingerprint density at radius 1 is 1.08 bits per heavy atom. The Balaban J connectivity index is 1.20.